The van der Waals surface area contributed by atoms with Crippen molar-refractivity contribution in [3.63, 3.8) is 0 Å². The quantitative estimate of drug-likeness (QED) is 0.534. The van der Waals surface area contributed by atoms with Crippen molar-refractivity contribution >= 4 is 28.5 Å². The molecule has 0 radical (unpaired) electrons. The van der Waals surface area contributed by atoms with Crippen LogP contribution in [0, 0.1) is 6.92 Å². The van der Waals surface area contributed by atoms with Gasteiger partial charge in [0, 0.05) is 0 Å². The summed E-state index contributed by atoms with van der Waals surface area (Å²) in [5.74, 6) is -0.601. The Morgan fingerprint density at radius 2 is 2.45 bits per heavy atom. The van der Waals surface area contributed by atoms with Crippen molar-refractivity contribution in [1.82, 2.24) is 0 Å². The number of amides is 1. The van der Waals surface area contributed by atoms with E-state index in [-0.39, 0.29) is 6.29 Å². The van der Waals surface area contributed by atoms with Gasteiger partial charge in [0.25, 0.3) is 5.91 Å². The van der Waals surface area contributed by atoms with Crippen LogP contribution in [-0.2, 0) is 9.59 Å². The number of thiophene rings is 1. The summed E-state index contributed by atoms with van der Waals surface area (Å²) >= 11 is 1.40. The van der Waals surface area contributed by atoms with Gasteiger partial charge in [-0.05, 0) is 23.9 Å². The molecule has 0 aliphatic rings. The van der Waals surface area contributed by atoms with Gasteiger partial charge in [0.1, 0.15) is 0 Å². The minimum atomic E-state index is -0.601. The van der Waals surface area contributed by atoms with E-state index in [2.05, 4.69) is 5.32 Å². The van der Waals surface area contributed by atoms with Gasteiger partial charge in [-0.25, -0.2) is 0 Å². The van der Waals surface area contributed by atoms with Gasteiger partial charge in [0.2, 0.25) is 6.29 Å². The summed E-state index contributed by atoms with van der Waals surface area (Å²) in [5, 5.41) is 5.05. The molecule has 4 heteroatoms. The van der Waals surface area contributed by atoms with Crippen LogP contribution in [0.4, 0.5) is 5.00 Å². The van der Waals surface area contributed by atoms with Crippen LogP contribution >= 0.6 is 11.3 Å². The molecule has 3 nitrogen and oxygen atoms in total. The maximum atomic E-state index is 10.6. The largest absolute Gasteiger partial charge is 0.311 e. The zero-order valence-corrected chi connectivity index (χ0v) is 6.77. The van der Waals surface area contributed by atoms with Crippen molar-refractivity contribution in [3.8, 4) is 0 Å². The van der Waals surface area contributed by atoms with Crippen molar-refractivity contribution in [2.24, 2.45) is 0 Å². The van der Waals surface area contributed by atoms with Gasteiger partial charge in [-0.3, -0.25) is 9.59 Å². The molecule has 1 amide bonds. The second kappa shape index (κ2) is 3.30. The molecule has 1 heterocycles. The maximum Gasteiger partial charge on any atom is 0.289 e. The number of rotatable bonds is 2. The van der Waals surface area contributed by atoms with Gasteiger partial charge in [0.15, 0.2) is 0 Å². The number of carbonyl (C=O) groups excluding carboxylic acids is 2. The molecule has 1 aromatic rings. The molecule has 0 fully saturated rings. The summed E-state index contributed by atoms with van der Waals surface area (Å²) in [4.78, 5) is 20.5. The average molecular weight is 169 g/mol. The molecule has 0 spiro atoms. The van der Waals surface area contributed by atoms with E-state index in [9.17, 15) is 9.59 Å². The number of anilines is 1. The highest BCUT2D eigenvalue weighted by Crippen LogP contribution is 2.21. The molecule has 0 saturated carbocycles. The molecule has 0 aliphatic carbocycles. The van der Waals surface area contributed by atoms with E-state index in [0.717, 1.165) is 10.6 Å². The third-order valence-corrected chi connectivity index (χ3v) is 2.14. The number of nitrogens with one attached hydrogen (secondary N) is 1. The molecule has 11 heavy (non-hydrogen) atoms. The lowest BCUT2D eigenvalue weighted by Crippen LogP contribution is -2.11. The fourth-order valence-electron chi connectivity index (χ4n) is 0.642. The minimum Gasteiger partial charge on any atom is -0.311 e. The van der Waals surface area contributed by atoms with Crippen LogP contribution in [-0.4, -0.2) is 12.2 Å². The van der Waals surface area contributed by atoms with Crippen LogP contribution in [0.3, 0.4) is 0 Å². The molecule has 1 rings (SSSR count). The first-order valence-corrected chi connectivity index (χ1v) is 3.92. The van der Waals surface area contributed by atoms with Gasteiger partial charge in [0.05, 0.1) is 5.00 Å². The first kappa shape index (κ1) is 7.94. The van der Waals surface area contributed by atoms with Crippen LogP contribution in [0.5, 0.6) is 0 Å². The smallest absolute Gasteiger partial charge is 0.289 e. The van der Waals surface area contributed by atoms with Gasteiger partial charge in [-0.15, -0.1) is 11.3 Å². The number of carbonyl (C=O) groups is 2. The first-order valence-electron chi connectivity index (χ1n) is 3.04. The Kier molecular flexibility index (Phi) is 2.38. The Hall–Kier alpha value is -1.16. The summed E-state index contributed by atoms with van der Waals surface area (Å²) in [6, 6.07) is 1.88. The Morgan fingerprint density at radius 3 is 2.91 bits per heavy atom. The lowest BCUT2D eigenvalue weighted by Gasteiger charge is -1.96. The van der Waals surface area contributed by atoms with Crippen LogP contribution in [0.2, 0.25) is 0 Å². The number of hydrogen-bond donors (Lipinski definition) is 1. The molecule has 0 atom stereocenters. The SMILES string of the molecule is Cc1ccsc1NC(=O)C=O. The Labute approximate surface area is 68.0 Å². The molecule has 0 aromatic carbocycles. The summed E-state index contributed by atoms with van der Waals surface area (Å²) in [7, 11) is 0. The van der Waals surface area contributed by atoms with Gasteiger partial charge in [-0.1, -0.05) is 0 Å². The fraction of sp³-hybridized carbons (Fsp3) is 0.143. The molecule has 0 bridgehead atoms. The number of aryl methyl sites for hydroxylation is 1. The Bertz CT molecular complexity index is 280. The first-order chi connectivity index (χ1) is 5.24. The molecule has 1 aromatic heterocycles. The van der Waals surface area contributed by atoms with Crippen molar-refractivity contribution in [2.45, 2.75) is 6.92 Å². The summed E-state index contributed by atoms with van der Waals surface area (Å²) in [6.07, 6.45) is 0.263. The molecule has 0 saturated heterocycles. The van der Waals surface area contributed by atoms with Gasteiger partial charge in [-0.2, -0.15) is 0 Å². The van der Waals surface area contributed by atoms with Gasteiger partial charge >= 0.3 is 0 Å². The zero-order chi connectivity index (χ0) is 8.27. The van der Waals surface area contributed by atoms with Gasteiger partial charge < -0.3 is 5.32 Å². The van der Waals surface area contributed by atoms with Crippen molar-refractivity contribution in [2.75, 3.05) is 5.32 Å². The lowest BCUT2D eigenvalue weighted by atomic mass is 10.4. The highest BCUT2D eigenvalue weighted by atomic mass is 32.1. The summed E-state index contributed by atoms with van der Waals surface area (Å²) in [6.45, 7) is 1.87. The second-order valence-electron chi connectivity index (χ2n) is 2.04. The van der Waals surface area contributed by atoms with Crippen LogP contribution in [0.15, 0.2) is 11.4 Å². The highest BCUT2D eigenvalue weighted by Gasteiger charge is 2.02. The molecule has 1 N–H and O–H groups in total. The van der Waals surface area contributed by atoms with E-state index in [1.54, 1.807) is 0 Å². The molecular weight excluding hydrogens is 162 g/mol. The highest BCUT2D eigenvalue weighted by molar-refractivity contribution is 7.14. The number of hydrogen-bond acceptors (Lipinski definition) is 3. The summed E-state index contributed by atoms with van der Waals surface area (Å²) < 4.78 is 0. The third-order valence-electron chi connectivity index (χ3n) is 1.21. The third kappa shape index (κ3) is 1.88. The minimum absolute atomic E-state index is 0.263. The van der Waals surface area contributed by atoms with E-state index < -0.39 is 5.91 Å². The molecule has 0 aliphatic heterocycles. The Balaban J connectivity index is 2.71. The van der Waals surface area contributed by atoms with E-state index in [1.807, 2.05) is 18.4 Å². The van der Waals surface area contributed by atoms with Crippen molar-refractivity contribution < 1.29 is 9.59 Å². The zero-order valence-electron chi connectivity index (χ0n) is 5.96. The molecule has 58 valence electrons. The van der Waals surface area contributed by atoms with Crippen LogP contribution in [0.25, 0.3) is 0 Å². The van der Waals surface area contributed by atoms with Crippen LogP contribution < -0.4 is 5.32 Å². The Morgan fingerprint density at radius 1 is 1.73 bits per heavy atom. The standard InChI is InChI=1S/C7H7NO2S/c1-5-2-3-11-7(5)8-6(10)4-9/h2-4H,1H3,(H,8,10). The maximum absolute atomic E-state index is 10.6. The van der Waals surface area contributed by atoms with E-state index >= 15 is 0 Å². The normalized spacial score (nSPS) is 9.18. The van der Waals surface area contributed by atoms with Crippen molar-refractivity contribution in [1.29, 1.82) is 0 Å². The molecule has 0 unspecified atom stereocenters. The summed E-state index contributed by atoms with van der Waals surface area (Å²) in [5.41, 5.74) is 0.977. The predicted octanol–water partition coefficient (Wildman–Crippen LogP) is 1.19. The second-order valence-corrected chi connectivity index (χ2v) is 2.96. The molecular formula is C7H7NO2S. The topological polar surface area (TPSA) is 46.2 Å². The monoisotopic (exact) mass is 169 g/mol. The number of aldehydes is 1. The average Bonchev–Trinajstić information content (AvgIpc) is 2.37. The fourth-order valence-corrected chi connectivity index (χ4v) is 1.46. The predicted molar refractivity (Wildman–Crippen MR) is 43.7 cm³/mol. The van der Waals surface area contributed by atoms with E-state index in [1.165, 1.54) is 11.3 Å². The van der Waals surface area contributed by atoms with Crippen LogP contribution in [0.1, 0.15) is 5.56 Å². The van der Waals surface area contributed by atoms with E-state index in [0.29, 0.717) is 0 Å². The van der Waals surface area contributed by atoms with Crippen molar-refractivity contribution in [3.05, 3.63) is 17.0 Å². The lowest BCUT2D eigenvalue weighted by molar-refractivity contribution is -0.127. The van der Waals surface area contributed by atoms with E-state index in [4.69, 9.17) is 0 Å².